The summed E-state index contributed by atoms with van der Waals surface area (Å²) in [6, 6.07) is 8.53. The maximum Gasteiger partial charge on any atom is 0.303 e. The lowest BCUT2D eigenvalue weighted by molar-refractivity contribution is -0.161. The van der Waals surface area contributed by atoms with Gasteiger partial charge >= 0.3 is 5.97 Å². The van der Waals surface area contributed by atoms with E-state index in [2.05, 4.69) is 32.0 Å². The Morgan fingerprint density at radius 1 is 1.07 bits per heavy atom. The summed E-state index contributed by atoms with van der Waals surface area (Å²) in [5.41, 5.74) is 1.89. The third-order valence-corrected chi connectivity index (χ3v) is 10.5. The molecule has 11 heteroatoms. The summed E-state index contributed by atoms with van der Waals surface area (Å²) >= 11 is 0. The molecule has 0 amide bonds. The first kappa shape index (κ1) is 31.2. The van der Waals surface area contributed by atoms with Crippen molar-refractivity contribution >= 4 is 22.8 Å². The number of rotatable bonds is 14. The number of benzene rings is 1. The van der Waals surface area contributed by atoms with Crippen molar-refractivity contribution in [3.05, 3.63) is 42.4 Å². The molecule has 1 aromatic carbocycles. The minimum absolute atomic E-state index is 0.00371. The van der Waals surface area contributed by atoms with Crippen molar-refractivity contribution in [1.29, 1.82) is 0 Å². The Labute approximate surface area is 270 Å². The van der Waals surface area contributed by atoms with Gasteiger partial charge in [-0.15, -0.1) is 0 Å². The fourth-order valence-electron chi connectivity index (χ4n) is 7.93. The molecule has 3 saturated carbocycles. The summed E-state index contributed by atoms with van der Waals surface area (Å²) < 4.78 is 26.5. The molecule has 7 rings (SSSR count). The van der Waals surface area contributed by atoms with E-state index >= 15 is 0 Å². The molecule has 3 aromatic rings. The van der Waals surface area contributed by atoms with Crippen LogP contribution in [-0.4, -0.2) is 81.9 Å². The first-order chi connectivity index (χ1) is 22.2. The highest BCUT2D eigenvalue weighted by atomic mass is 16.8. The summed E-state index contributed by atoms with van der Waals surface area (Å²) in [6.45, 7) is 6.69. The largest absolute Gasteiger partial charge is 0.497 e. The van der Waals surface area contributed by atoms with Gasteiger partial charge in [0.2, 0.25) is 0 Å². The number of carboxylic acids is 1. The van der Waals surface area contributed by atoms with E-state index in [-0.39, 0.29) is 24.7 Å². The standard InChI is InChI=1S/C35H47N5O6/c1-35(2)45-31-24(19-39(18-21-5-6-21)25-13-22(14-25)7-10-30(41)42)15-28(32(31)46-35)40-12-11-27-33(37-20-38-34(27)40)36-17-23-8-9-26(43-3)16-29(23)44-4/h8-9,11-12,16,20-22,24-25,28,31-32H,5-7,10,13-15,17-19H2,1-4H3,(H,41,42)(H,36,37,38). The van der Waals surface area contributed by atoms with Gasteiger partial charge in [-0.2, -0.15) is 0 Å². The summed E-state index contributed by atoms with van der Waals surface area (Å²) in [4.78, 5) is 23.2. The van der Waals surface area contributed by atoms with E-state index in [4.69, 9.17) is 29.0 Å². The van der Waals surface area contributed by atoms with Crippen molar-refractivity contribution < 1.29 is 28.8 Å². The van der Waals surface area contributed by atoms with E-state index in [0.717, 1.165) is 78.6 Å². The van der Waals surface area contributed by atoms with Crippen LogP contribution in [0.2, 0.25) is 0 Å². The SMILES string of the molecule is COc1ccc(CNc2ncnc3c2ccn3C2CC(CN(CC3CC3)C3CC(CCC(=O)O)C3)C3OC(C)(C)OC32)c(OC)c1. The molecule has 4 atom stereocenters. The third kappa shape index (κ3) is 6.41. The number of anilines is 1. The van der Waals surface area contributed by atoms with Gasteiger partial charge in [-0.05, 0) is 82.4 Å². The fraction of sp³-hybridized carbons (Fsp3) is 0.629. The molecular formula is C35H47N5O6. The van der Waals surface area contributed by atoms with Crippen LogP contribution in [0.25, 0.3) is 11.0 Å². The molecule has 3 aliphatic carbocycles. The molecule has 11 nitrogen and oxygen atoms in total. The van der Waals surface area contributed by atoms with Crippen molar-refractivity contribution in [2.24, 2.45) is 17.8 Å². The number of ether oxygens (including phenoxy) is 4. The van der Waals surface area contributed by atoms with Crippen LogP contribution in [0.5, 0.6) is 11.5 Å². The minimum atomic E-state index is -0.689. The van der Waals surface area contributed by atoms with Crippen LogP contribution in [-0.2, 0) is 20.8 Å². The predicted octanol–water partition coefficient (Wildman–Crippen LogP) is 5.50. The number of aliphatic carboxylic acids is 1. The molecule has 2 aromatic heterocycles. The van der Waals surface area contributed by atoms with Gasteiger partial charge < -0.3 is 33.9 Å². The molecule has 4 unspecified atom stereocenters. The van der Waals surface area contributed by atoms with Crippen LogP contribution in [0.3, 0.4) is 0 Å². The van der Waals surface area contributed by atoms with Gasteiger partial charge in [0.1, 0.15) is 35.4 Å². The highest BCUT2D eigenvalue weighted by molar-refractivity contribution is 5.87. The lowest BCUT2D eigenvalue weighted by Crippen LogP contribution is -2.48. The van der Waals surface area contributed by atoms with Crippen LogP contribution in [0.4, 0.5) is 5.82 Å². The van der Waals surface area contributed by atoms with E-state index in [0.29, 0.717) is 24.4 Å². The molecule has 1 saturated heterocycles. The lowest BCUT2D eigenvalue weighted by Gasteiger charge is -2.44. The van der Waals surface area contributed by atoms with Gasteiger partial charge in [0.05, 0.1) is 31.8 Å². The third-order valence-electron chi connectivity index (χ3n) is 10.5. The lowest BCUT2D eigenvalue weighted by atomic mass is 9.76. The molecule has 3 heterocycles. The van der Waals surface area contributed by atoms with E-state index in [9.17, 15) is 4.79 Å². The van der Waals surface area contributed by atoms with Gasteiger partial charge in [0.25, 0.3) is 0 Å². The van der Waals surface area contributed by atoms with Gasteiger partial charge in [0.15, 0.2) is 5.79 Å². The topological polar surface area (TPSA) is 120 Å². The Kier molecular flexibility index (Phi) is 8.58. The van der Waals surface area contributed by atoms with E-state index < -0.39 is 11.8 Å². The smallest absolute Gasteiger partial charge is 0.303 e. The molecule has 0 radical (unpaired) electrons. The number of aromatic nitrogens is 3. The number of carbonyl (C=O) groups is 1. The second-order valence-electron chi connectivity index (χ2n) is 14.2. The Morgan fingerprint density at radius 2 is 1.87 bits per heavy atom. The van der Waals surface area contributed by atoms with Crippen LogP contribution < -0.4 is 14.8 Å². The van der Waals surface area contributed by atoms with E-state index in [1.54, 1.807) is 20.5 Å². The predicted molar refractivity (Wildman–Crippen MR) is 173 cm³/mol. The highest BCUT2D eigenvalue weighted by Gasteiger charge is 2.55. The van der Waals surface area contributed by atoms with E-state index in [1.165, 1.54) is 12.8 Å². The quantitative estimate of drug-likeness (QED) is 0.236. The second kappa shape index (κ2) is 12.7. The van der Waals surface area contributed by atoms with Gasteiger partial charge in [-0.3, -0.25) is 9.69 Å². The molecule has 4 fully saturated rings. The number of carboxylic acid groups (broad SMARTS) is 1. The van der Waals surface area contributed by atoms with Gasteiger partial charge in [0, 0.05) is 55.8 Å². The summed E-state index contributed by atoms with van der Waals surface area (Å²) in [6.07, 6.45) is 10.5. The zero-order valence-electron chi connectivity index (χ0n) is 27.4. The molecule has 46 heavy (non-hydrogen) atoms. The number of hydrogen-bond donors (Lipinski definition) is 2. The van der Waals surface area contributed by atoms with Gasteiger partial charge in [-0.1, -0.05) is 0 Å². The Balaban J connectivity index is 1.09. The fourth-order valence-corrected chi connectivity index (χ4v) is 7.93. The molecular weight excluding hydrogens is 586 g/mol. The van der Waals surface area contributed by atoms with Crippen molar-refractivity contribution in [2.45, 2.75) is 95.4 Å². The van der Waals surface area contributed by atoms with Crippen LogP contribution >= 0.6 is 0 Å². The zero-order valence-corrected chi connectivity index (χ0v) is 27.4. The first-order valence-electron chi connectivity index (χ1n) is 16.8. The van der Waals surface area contributed by atoms with Crippen molar-refractivity contribution in [2.75, 3.05) is 32.6 Å². The first-order valence-corrected chi connectivity index (χ1v) is 16.8. The minimum Gasteiger partial charge on any atom is -0.497 e. The number of hydrogen-bond acceptors (Lipinski definition) is 9. The molecule has 1 aliphatic heterocycles. The van der Waals surface area contributed by atoms with Crippen LogP contribution in [0.1, 0.15) is 70.4 Å². The molecule has 248 valence electrons. The second-order valence-corrected chi connectivity index (χ2v) is 14.2. The monoisotopic (exact) mass is 633 g/mol. The van der Waals surface area contributed by atoms with Crippen molar-refractivity contribution in [3.8, 4) is 11.5 Å². The van der Waals surface area contributed by atoms with Gasteiger partial charge in [-0.25, -0.2) is 9.97 Å². The summed E-state index contributed by atoms with van der Waals surface area (Å²) in [5, 5.41) is 13.6. The molecule has 0 spiro atoms. The Hall–Kier alpha value is -3.41. The normalized spacial score (nSPS) is 28.3. The van der Waals surface area contributed by atoms with Crippen LogP contribution in [0, 0.1) is 17.8 Å². The average Bonchev–Trinajstić information content (AvgIpc) is 3.51. The average molecular weight is 634 g/mol. The number of nitrogens with one attached hydrogen (secondary N) is 1. The maximum atomic E-state index is 11.1. The highest BCUT2D eigenvalue weighted by Crippen LogP contribution is 2.49. The van der Waals surface area contributed by atoms with E-state index in [1.807, 2.05) is 32.0 Å². The molecule has 0 bridgehead atoms. The maximum absolute atomic E-state index is 11.1. The Bertz CT molecular complexity index is 1550. The number of nitrogens with zero attached hydrogens (tertiary/aromatic N) is 4. The zero-order chi connectivity index (χ0) is 32.0. The molecule has 4 aliphatic rings. The Morgan fingerprint density at radius 3 is 2.61 bits per heavy atom. The van der Waals surface area contributed by atoms with Crippen molar-refractivity contribution in [1.82, 2.24) is 19.4 Å². The van der Waals surface area contributed by atoms with Crippen molar-refractivity contribution in [3.63, 3.8) is 0 Å². The number of methoxy groups -OCH3 is 2. The molecule has 2 N–H and O–H groups in total. The number of fused-ring (bicyclic) bond motifs is 2. The summed E-state index contributed by atoms with van der Waals surface area (Å²) in [5.74, 6) is 2.59. The van der Waals surface area contributed by atoms with Crippen LogP contribution in [0.15, 0.2) is 36.8 Å². The summed E-state index contributed by atoms with van der Waals surface area (Å²) in [7, 11) is 3.31.